The first-order valence-corrected chi connectivity index (χ1v) is 13.6. The number of fused-ring (bicyclic) bond motifs is 1. The number of nitrogens with zero attached hydrogens (tertiary/aromatic N) is 1. The van der Waals surface area contributed by atoms with E-state index in [-0.39, 0.29) is 27.5 Å². The highest BCUT2D eigenvalue weighted by Crippen LogP contribution is 2.24. The number of benzene rings is 2. The maximum atomic E-state index is 13.1. The molecule has 1 amide bonds. The van der Waals surface area contributed by atoms with Gasteiger partial charge in [0.25, 0.3) is 10.0 Å². The van der Waals surface area contributed by atoms with Gasteiger partial charge in [0.05, 0.1) is 15.8 Å². The van der Waals surface area contributed by atoms with E-state index in [1.165, 1.54) is 18.2 Å². The number of amides is 1. The Balaban J connectivity index is 1.86. The maximum absolute atomic E-state index is 13.1. The molecule has 1 aliphatic heterocycles. The highest BCUT2D eigenvalue weighted by Gasteiger charge is 2.33. The summed E-state index contributed by atoms with van der Waals surface area (Å²) in [7, 11) is -7.01. The van der Waals surface area contributed by atoms with Crippen LogP contribution in [0.1, 0.15) is 44.4 Å². The fourth-order valence-electron chi connectivity index (χ4n) is 3.42. The fourth-order valence-corrected chi connectivity index (χ4v) is 5.29. The van der Waals surface area contributed by atoms with Gasteiger partial charge in [-0.15, -0.1) is 0 Å². The number of sulfonamides is 1. The number of hydrogen-bond donors (Lipinski definition) is 2. The van der Waals surface area contributed by atoms with E-state index in [4.69, 9.17) is 0 Å². The van der Waals surface area contributed by atoms with Crippen LogP contribution in [0, 0.1) is 5.92 Å². The zero-order valence-electron chi connectivity index (χ0n) is 18.4. The summed E-state index contributed by atoms with van der Waals surface area (Å²) < 4.78 is 50.5. The summed E-state index contributed by atoms with van der Waals surface area (Å²) in [5.74, 6) is -0.319. The number of amidine groups is 1. The second kappa shape index (κ2) is 9.03. The molecule has 172 valence electrons. The Morgan fingerprint density at radius 2 is 1.72 bits per heavy atom. The van der Waals surface area contributed by atoms with Crippen molar-refractivity contribution in [3.8, 4) is 0 Å². The summed E-state index contributed by atoms with van der Waals surface area (Å²) in [6.45, 7) is 5.61. The van der Waals surface area contributed by atoms with Crippen LogP contribution in [-0.4, -0.2) is 40.9 Å². The summed E-state index contributed by atoms with van der Waals surface area (Å²) >= 11 is 0. The van der Waals surface area contributed by atoms with Crippen molar-refractivity contribution in [1.29, 1.82) is 0 Å². The second-order valence-electron chi connectivity index (χ2n) is 7.98. The van der Waals surface area contributed by atoms with Gasteiger partial charge in [0.2, 0.25) is 5.91 Å². The van der Waals surface area contributed by atoms with Gasteiger partial charge >= 0.3 is 0 Å². The van der Waals surface area contributed by atoms with Crippen LogP contribution in [0.3, 0.4) is 0 Å². The van der Waals surface area contributed by atoms with Crippen LogP contribution in [0.25, 0.3) is 0 Å². The highest BCUT2D eigenvalue weighted by molar-refractivity contribution is 7.91. The topological polar surface area (TPSA) is 122 Å². The van der Waals surface area contributed by atoms with E-state index in [0.717, 1.165) is 11.8 Å². The number of rotatable bonds is 7. The molecule has 0 saturated heterocycles. The molecular weight excluding hydrogens is 450 g/mol. The smallest absolute Gasteiger partial charge is 0.263 e. The van der Waals surface area contributed by atoms with Crippen LogP contribution < -0.4 is 10.0 Å². The lowest BCUT2D eigenvalue weighted by molar-refractivity contribution is -0.124. The van der Waals surface area contributed by atoms with Crippen molar-refractivity contribution in [2.45, 2.75) is 49.1 Å². The lowest BCUT2D eigenvalue weighted by Crippen LogP contribution is -2.40. The van der Waals surface area contributed by atoms with E-state index in [1.807, 2.05) is 13.8 Å². The Bertz CT molecular complexity index is 1250. The average molecular weight is 478 g/mol. The van der Waals surface area contributed by atoms with E-state index in [2.05, 4.69) is 15.0 Å². The first kappa shape index (κ1) is 23.9. The first-order valence-electron chi connectivity index (χ1n) is 10.2. The lowest BCUT2D eigenvalue weighted by Gasteiger charge is -2.22. The van der Waals surface area contributed by atoms with Gasteiger partial charge in [-0.05, 0) is 42.7 Å². The molecule has 1 aliphatic rings. The number of carbonyl (C=O) groups is 1. The minimum Gasteiger partial charge on any atom is -0.348 e. The van der Waals surface area contributed by atoms with Crippen molar-refractivity contribution in [3.05, 3.63) is 59.7 Å². The van der Waals surface area contributed by atoms with Crippen molar-refractivity contribution in [2.75, 3.05) is 6.26 Å². The summed E-state index contributed by atoms with van der Waals surface area (Å²) in [6, 6.07) is 11.6. The van der Waals surface area contributed by atoms with Crippen LogP contribution in [0.4, 0.5) is 0 Å². The van der Waals surface area contributed by atoms with Crippen LogP contribution in [0.2, 0.25) is 0 Å². The number of sulfone groups is 1. The monoisotopic (exact) mass is 477 g/mol. The quantitative estimate of drug-likeness (QED) is 0.634. The van der Waals surface area contributed by atoms with Crippen LogP contribution in [0.5, 0.6) is 0 Å². The van der Waals surface area contributed by atoms with Crippen molar-refractivity contribution in [1.82, 2.24) is 10.0 Å². The number of carbonyl (C=O) groups excluding carboxylic acids is 1. The van der Waals surface area contributed by atoms with Gasteiger partial charge in [0.15, 0.2) is 9.84 Å². The van der Waals surface area contributed by atoms with Crippen LogP contribution in [0.15, 0.2) is 63.3 Å². The van der Waals surface area contributed by atoms with E-state index < -0.39 is 31.9 Å². The molecule has 1 heterocycles. The number of nitrogens with one attached hydrogen (secondary N) is 2. The molecule has 0 aliphatic carbocycles. The summed E-state index contributed by atoms with van der Waals surface area (Å²) in [6.07, 6.45) is 1.80. The third kappa shape index (κ3) is 5.02. The Morgan fingerprint density at radius 3 is 2.31 bits per heavy atom. The molecule has 10 heteroatoms. The molecule has 0 aromatic heterocycles. The zero-order valence-corrected chi connectivity index (χ0v) is 20.0. The molecule has 0 spiro atoms. The molecule has 32 heavy (non-hydrogen) atoms. The predicted molar refractivity (Wildman–Crippen MR) is 123 cm³/mol. The molecule has 1 unspecified atom stereocenters. The predicted octanol–water partition coefficient (Wildman–Crippen LogP) is 2.42. The van der Waals surface area contributed by atoms with Crippen molar-refractivity contribution in [3.63, 3.8) is 0 Å². The van der Waals surface area contributed by atoms with Crippen molar-refractivity contribution in [2.24, 2.45) is 10.9 Å². The molecule has 3 atom stereocenters. The van der Waals surface area contributed by atoms with Crippen molar-refractivity contribution >= 4 is 31.6 Å². The number of aliphatic imine (C=N–C) groups is 1. The second-order valence-corrected chi connectivity index (χ2v) is 11.6. The van der Waals surface area contributed by atoms with Gasteiger partial charge < -0.3 is 5.32 Å². The Morgan fingerprint density at radius 1 is 1.09 bits per heavy atom. The molecular formula is C22H27N3O5S2. The van der Waals surface area contributed by atoms with Gasteiger partial charge in [-0.1, -0.05) is 44.5 Å². The molecule has 0 bridgehead atoms. The molecule has 2 N–H and O–H groups in total. The van der Waals surface area contributed by atoms with E-state index in [9.17, 15) is 21.6 Å². The van der Waals surface area contributed by atoms with Gasteiger partial charge in [-0.2, -0.15) is 0 Å². The van der Waals surface area contributed by atoms with E-state index in [1.54, 1.807) is 37.3 Å². The largest absolute Gasteiger partial charge is 0.348 e. The summed E-state index contributed by atoms with van der Waals surface area (Å²) in [4.78, 5) is 18.0. The maximum Gasteiger partial charge on any atom is 0.263 e. The Kier molecular flexibility index (Phi) is 6.75. The molecule has 8 nitrogen and oxygen atoms in total. The Hall–Kier alpha value is -2.72. The normalized spacial score (nSPS) is 18.9. The third-order valence-electron chi connectivity index (χ3n) is 5.55. The van der Waals surface area contributed by atoms with Crippen LogP contribution in [-0.2, 0) is 24.7 Å². The van der Waals surface area contributed by atoms with Gasteiger partial charge in [0, 0.05) is 11.8 Å². The lowest BCUT2D eigenvalue weighted by atomic mass is 9.98. The van der Waals surface area contributed by atoms with E-state index >= 15 is 0 Å². The molecule has 0 fully saturated rings. The van der Waals surface area contributed by atoms with E-state index in [0.29, 0.717) is 12.0 Å². The van der Waals surface area contributed by atoms with Gasteiger partial charge in [-0.25, -0.2) is 16.8 Å². The van der Waals surface area contributed by atoms with Gasteiger partial charge in [-0.3, -0.25) is 14.5 Å². The number of hydrogen-bond acceptors (Lipinski definition) is 6. The molecule has 2 aromatic rings. The standard InChI is InChI=1S/C22H27N3O5S2/c1-5-14(2)20(24-21-18-8-6-7-9-19(18)32(29,30)25-21)22(26)23-15(3)16-10-12-17(13-11-16)31(4,27)28/h6-15,20H,5H2,1-4H3,(H,23,26)(H,24,25)/t14-,15?,20-/m0/s1. The zero-order chi connectivity index (χ0) is 23.7. The third-order valence-corrected chi connectivity index (χ3v) is 8.08. The molecule has 0 radical (unpaired) electrons. The van der Waals surface area contributed by atoms with Crippen molar-refractivity contribution < 1.29 is 21.6 Å². The Labute approximate surface area is 189 Å². The highest BCUT2D eigenvalue weighted by atomic mass is 32.2. The average Bonchev–Trinajstić information content (AvgIpc) is 3.01. The summed E-state index contributed by atoms with van der Waals surface area (Å²) in [5.41, 5.74) is 1.19. The molecule has 0 saturated carbocycles. The SMILES string of the molecule is CC[C@H](C)[C@H](N=C1NS(=O)(=O)c2ccccc21)C(=O)NC(C)c1ccc(S(C)(=O)=O)cc1. The molecule has 3 rings (SSSR count). The molecule has 2 aromatic carbocycles. The summed E-state index contributed by atoms with van der Waals surface area (Å²) in [5, 5.41) is 2.92. The minimum atomic E-state index is -3.70. The minimum absolute atomic E-state index is 0.139. The van der Waals surface area contributed by atoms with Crippen LogP contribution >= 0.6 is 0 Å². The van der Waals surface area contributed by atoms with Gasteiger partial charge in [0.1, 0.15) is 11.9 Å². The fraction of sp³-hybridized carbons (Fsp3) is 0.364. The first-order chi connectivity index (χ1) is 14.9.